The molecule has 17 heteroatoms. The average molecular weight is 804 g/mol. The Kier molecular flexibility index (Phi) is 28.2. The standard InChI is InChI=1S/C35H59N7O10.C4H10.4H2/c1-26(2)32(40-30(44)12-21-50-23-24-51-22-14-36-29(43)11-13-38-52-20-6-5-19-49-4)34(47)37-25-31(45)39-28-9-7-27(8-10-28)33(46)35(48)42-17-15-41(3)16-18-42;1-3-4-2;;;;/h7-10,26,32-33,38,46H,5-6,11-25H2,1-4H3,(H,36,43)(H,37,47)(H,39,45)(H,40,44);3-4H2,1-2H3;4*1H/t32-,33?;;;;;/m0...../s1. The van der Waals surface area contributed by atoms with E-state index < -0.39 is 24.0 Å². The van der Waals surface area contributed by atoms with Crippen molar-refractivity contribution >= 4 is 35.2 Å². The van der Waals surface area contributed by atoms with Crippen molar-refractivity contribution in [1.82, 2.24) is 31.2 Å². The van der Waals surface area contributed by atoms with Gasteiger partial charge < -0.3 is 55.2 Å². The lowest BCUT2D eigenvalue weighted by atomic mass is 10.0. The van der Waals surface area contributed by atoms with Crippen molar-refractivity contribution in [3.63, 3.8) is 0 Å². The Morgan fingerprint density at radius 2 is 1.43 bits per heavy atom. The predicted molar refractivity (Wildman–Crippen MR) is 222 cm³/mol. The summed E-state index contributed by atoms with van der Waals surface area (Å²) in [6, 6.07) is 5.44. The van der Waals surface area contributed by atoms with Crippen LogP contribution in [0.4, 0.5) is 5.69 Å². The minimum atomic E-state index is -1.30. The third-order valence-corrected chi connectivity index (χ3v) is 8.56. The molecule has 2 rings (SSSR count). The van der Waals surface area contributed by atoms with Gasteiger partial charge in [0.25, 0.3) is 5.91 Å². The smallest absolute Gasteiger partial charge is 0.256 e. The van der Waals surface area contributed by atoms with Crippen LogP contribution in [-0.4, -0.2) is 150 Å². The maximum atomic E-state index is 12.8. The first-order valence-corrected chi connectivity index (χ1v) is 19.8. The van der Waals surface area contributed by atoms with Crippen LogP contribution in [0.3, 0.4) is 0 Å². The molecule has 1 aliphatic rings. The number of aliphatic hydroxyl groups is 1. The van der Waals surface area contributed by atoms with Crippen molar-refractivity contribution in [3.05, 3.63) is 29.8 Å². The molecule has 5 amide bonds. The number of nitrogens with one attached hydrogen (secondary N) is 5. The van der Waals surface area contributed by atoms with Gasteiger partial charge in [-0.25, -0.2) is 5.48 Å². The number of hydrogen-bond acceptors (Lipinski definition) is 12. The number of unbranched alkanes of at least 4 members (excludes halogenated alkanes) is 2. The van der Waals surface area contributed by atoms with Crippen molar-refractivity contribution in [1.29, 1.82) is 0 Å². The highest BCUT2D eigenvalue weighted by Crippen LogP contribution is 2.19. The molecule has 17 nitrogen and oxygen atoms in total. The van der Waals surface area contributed by atoms with Gasteiger partial charge in [0.15, 0.2) is 6.10 Å². The Morgan fingerprint density at radius 1 is 0.786 bits per heavy atom. The molecule has 0 aliphatic carbocycles. The van der Waals surface area contributed by atoms with Gasteiger partial charge in [-0.3, -0.25) is 24.0 Å². The summed E-state index contributed by atoms with van der Waals surface area (Å²) >= 11 is 0. The number of ether oxygens (including phenoxy) is 3. The number of piperazine rings is 1. The van der Waals surface area contributed by atoms with Crippen LogP contribution >= 0.6 is 0 Å². The lowest BCUT2D eigenvalue weighted by molar-refractivity contribution is -0.142. The summed E-state index contributed by atoms with van der Waals surface area (Å²) in [6.07, 6.45) is 3.45. The Morgan fingerprint density at radius 3 is 2.05 bits per heavy atom. The van der Waals surface area contributed by atoms with E-state index in [4.69, 9.17) is 19.0 Å². The van der Waals surface area contributed by atoms with Crippen LogP contribution in [-0.2, 0) is 43.0 Å². The maximum Gasteiger partial charge on any atom is 0.256 e. The maximum absolute atomic E-state index is 12.8. The van der Waals surface area contributed by atoms with E-state index in [9.17, 15) is 29.1 Å². The van der Waals surface area contributed by atoms with Gasteiger partial charge in [0.2, 0.25) is 23.6 Å². The molecule has 1 fully saturated rings. The quantitative estimate of drug-likeness (QED) is 0.0560. The zero-order valence-corrected chi connectivity index (χ0v) is 34.5. The van der Waals surface area contributed by atoms with Crippen molar-refractivity contribution in [2.45, 2.75) is 78.4 Å². The molecule has 56 heavy (non-hydrogen) atoms. The zero-order valence-electron chi connectivity index (χ0n) is 34.5. The lowest BCUT2D eigenvalue weighted by Gasteiger charge is -2.33. The highest BCUT2D eigenvalue weighted by atomic mass is 16.6. The fourth-order valence-corrected chi connectivity index (χ4v) is 4.92. The number of amides is 5. The molecule has 1 aromatic rings. The van der Waals surface area contributed by atoms with E-state index in [1.54, 1.807) is 50.1 Å². The Hall–Kier alpha value is -3.71. The summed E-state index contributed by atoms with van der Waals surface area (Å²) in [5.41, 5.74) is 3.61. The first-order valence-electron chi connectivity index (χ1n) is 19.8. The molecule has 1 unspecified atom stereocenters. The van der Waals surface area contributed by atoms with Crippen molar-refractivity contribution < 1.29 is 53.8 Å². The van der Waals surface area contributed by atoms with Crippen molar-refractivity contribution in [2.75, 3.05) is 105 Å². The molecule has 6 N–H and O–H groups in total. The van der Waals surface area contributed by atoms with Crippen molar-refractivity contribution in [2.24, 2.45) is 5.92 Å². The SMILES string of the molecule is CCCC.COCCCCONCCC(=O)NCCOCCOCCC(=O)N[C@H](C(=O)NCC(=O)Nc1ccc(C(O)C(=O)N2CCN(C)CC2)cc1)C(C)C.[HH].[HH].[HH].[HH]. The highest BCUT2D eigenvalue weighted by Gasteiger charge is 2.27. The van der Waals surface area contributed by atoms with Gasteiger partial charge in [0.05, 0.1) is 39.6 Å². The normalized spacial score (nSPS) is 14.0. The number of methoxy groups -OCH3 is 1. The van der Waals surface area contributed by atoms with Crippen LogP contribution in [0.15, 0.2) is 24.3 Å². The largest absolute Gasteiger partial charge is 0.385 e. The molecular weight excluding hydrogens is 726 g/mol. The summed E-state index contributed by atoms with van der Waals surface area (Å²) in [6.45, 7) is 13.2. The molecule has 1 aromatic carbocycles. The van der Waals surface area contributed by atoms with Gasteiger partial charge in [0, 0.05) is 77.2 Å². The highest BCUT2D eigenvalue weighted by molar-refractivity contribution is 5.96. The third kappa shape index (κ3) is 23.4. The Balaban J connectivity index is -0.00000187. The van der Waals surface area contributed by atoms with E-state index in [1.807, 2.05) is 7.05 Å². The first-order chi connectivity index (χ1) is 26.9. The van der Waals surface area contributed by atoms with E-state index in [1.165, 1.54) is 12.8 Å². The van der Waals surface area contributed by atoms with Crippen LogP contribution in [0.1, 0.15) is 83.6 Å². The van der Waals surface area contributed by atoms with Gasteiger partial charge in [-0.2, -0.15) is 0 Å². The molecule has 0 radical (unpaired) electrons. The summed E-state index contributed by atoms with van der Waals surface area (Å²) in [7, 11) is 3.64. The van der Waals surface area contributed by atoms with Crippen LogP contribution in [0.25, 0.3) is 0 Å². The zero-order chi connectivity index (χ0) is 41.6. The van der Waals surface area contributed by atoms with Crippen LogP contribution in [0.2, 0.25) is 0 Å². The number of likely N-dealkylation sites (N-methyl/N-ethyl adjacent to an activating group) is 1. The van der Waals surface area contributed by atoms with E-state index in [-0.39, 0.29) is 68.6 Å². The van der Waals surface area contributed by atoms with E-state index >= 15 is 0 Å². The van der Waals surface area contributed by atoms with Gasteiger partial charge in [-0.15, -0.1) is 0 Å². The number of anilines is 1. The number of benzene rings is 1. The Labute approximate surface area is 339 Å². The van der Waals surface area contributed by atoms with E-state index in [0.717, 1.165) is 25.9 Å². The summed E-state index contributed by atoms with van der Waals surface area (Å²) in [5.74, 6) is -2.07. The minimum absolute atomic E-state index is 0. The molecule has 0 spiro atoms. The fourth-order valence-electron chi connectivity index (χ4n) is 4.92. The van der Waals surface area contributed by atoms with Crippen LogP contribution < -0.4 is 26.7 Å². The molecule has 0 aromatic heterocycles. The Bertz CT molecular complexity index is 1270. The topological polar surface area (TPSA) is 209 Å². The van der Waals surface area contributed by atoms with Gasteiger partial charge in [-0.05, 0) is 43.5 Å². The van der Waals surface area contributed by atoms with Gasteiger partial charge in [-0.1, -0.05) is 52.7 Å². The molecular formula is C39H77N7O10. The molecule has 0 bridgehead atoms. The fraction of sp³-hybridized carbons (Fsp3) is 0.718. The summed E-state index contributed by atoms with van der Waals surface area (Å²) in [5, 5.41) is 21.2. The van der Waals surface area contributed by atoms with E-state index in [0.29, 0.717) is 57.3 Å². The number of carbonyl (C=O) groups is 5. The summed E-state index contributed by atoms with van der Waals surface area (Å²) in [4.78, 5) is 71.3. The second-order valence-corrected chi connectivity index (χ2v) is 13.7. The number of nitrogens with zero attached hydrogens (tertiary/aromatic N) is 2. The molecule has 1 heterocycles. The second kappa shape index (κ2) is 31.4. The molecule has 328 valence electrons. The van der Waals surface area contributed by atoms with Gasteiger partial charge >= 0.3 is 0 Å². The van der Waals surface area contributed by atoms with Crippen molar-refractivity contribution in [3.8, 4) is 0 Å². The molecule has 2 atom stereocenters. The number of rotatable bonds is 27. The number of aliphatic hydroxyl groups excluding tert-OH is 1. The molecule has 0 saturated carbocycles. The molecule has 1 aliphatic heterocycles. The second-order valence-electron chi connectivity index (χ2n) is 13.7. The van der Waals surface area contributed by atoms with Gasteiger partial charge in [0.1, 0.15) is 6.04 Å². The number of carbonyl (C=O) groups excluding carboxylic acids is 5. The summed E-state index contributed by atoms with van der Waals surface area (Å²) < 4.78 is 15.9. The van der Waals surface area contributed by atoms with E-state index in [2.05, 4.69) is 45.5 Å². The lowest BCUT2D eigenvalue weighted by Crippen LogP contribution is -2.51. The molecule has 1 saturated heterocycles. The number of hydrogen-bond donors (Lipinski definition) is 6. The third-order valence-electron chi connectivity index (χ3n) is 8.56. The minimum Gasteiger partial charge on any atom is -0.385 e. The van der Waals surface area contributed by atoms with Crippen LogP contribution in [0.5, 0.6) is 0 Å². The first kappa shape index (κ1) is 50.3. The predicted octanol–water partition coefficient (Wildman–Crippen LogP) is 2.36. The average Bonchev–Trinajstić information content (AvgIpc) is 3.19. The number of hydroxylamine groups is 1. The van der Waals surface area contributed by atoms with Crippen LogP contribution in [0, 0.1) is 5.92 Å². The monoisotopic (exact) mass is 804 g/mol.